The summed E-state index contributed by atoms with van der Waals surface area (Å²) in [6, 6.07) is 19.2. The lowest BCUT2D eigenvalue weighted by Gasteiger charge is -2.36. The molecule has 2 aromatic carbocycles. The number of pyridine rings is 1. The Hall–Kier alpha value is -3.03. The van der Waals surface area contributed by atoms with Crippen LogP contribution < -0.4 is 9.80 Å². The van der Waals surface area contributed by atoms with Gasteiger partial charge in [-0.1, -0.05) is 35.5 Å². The standard InChI is InChI=1S/C25H23ClN4O2S/c26-20-7-9-21(10-8-20)28-12-14-29(15-13-28)25(32)19-5-3-18(4-6-19)16-30-22-2-1-11-27-24(22)33-17-23(30)31/h1-11H,12-17H2. The largest absolute Gasteiger partial charge is 0.368 e. The van der Waals surface area contributed by atoms with E-state index in [4.69, 9.17) is 11.6 Å². The van der Waals surface area contributed by atoms with E-state index in [2.05, 4.69) is 9.88 Å². The number of aromatic nitrogens is 1. The Labute approximate surface area is 202 Å². The van der Waals surface area contributed by atoms with Crippen molar-refractivity contribution in [3.8, 4) is 0 Å². The molecule has 0 aliphatic carbocycles. The van der Waals surface area contributed by atoms with E-state index >= 15 is 0 Å². The molecule has 6 nitrogen and oxygen atoms in total. The fourth-order valence-corrected chi connectivity index (χ4v) is 5.16. The van der Waals surface area contributed by atoms with E-state index < -0.39 is 0 Å². The molecule has 5 rings (SSSR count). The van der Waals surface area contributed by atoms with Gasteiger partial charge in [-0.05, 0) is 54.1 Å². The highest BCUT2D eigenvalue weighted by atomic mass is 35.5. The molecule has 1 aromatic heterocycles. The summed E-state index contributed by atoms with van der Waals surface area (Å²) in [5, 5.41) is 1.60. The van der Waals surface area contributed by atoms with Gasteiger partial charge in [0.15, 0.2) is 0 Å². The number of thioether (sulfide) groups is 1. The van der Waals surface area contributed by atoms with E-state index in [0.717, 1.165) is 40.1 Å². The van der Waals surface area contributed by atoms with E-state index in [1.807, 2.05) is 65.6 Å². The molecule has 1 saturated heterocycles. The zero-order valence-electron chi connectivity index (χ0n) is 18.0. The third-order valence-electron chi connectivity index (χ3n) is 5.98. The minimum atomic E-state index is 0.0392. The second-order valence-electron chi connectivity index (χ2n) is 8.05. The molecule has 0 atom stereocenters. The van der Waals surface area contributed by atoms with E-state index in [0.29, 0.717) is 31.0 Å². The second kappa shape index (κ2) is 9.45. The summed E-state index contributed by atoms with van der Waals surface area (Å²) in [7, 11) is 0. The molecule has 0 bridgehead atoms. The van der Waals surface area contributed by atoms with Gasteiger partial charge in [0.25, 0.3) is 5.91 Å². The zero-order valence-corrected chi connectivity index (χ0v) is 19.6. The van der Waals surface area contributed by atoms with Crippen molar-refractivity contribution in [3.63, 3.8) is 0 Å². The second-order valence-corrected chi connectivity index (χ2v) is 9.45. The molecule has 2 aliphatic heterocycles. The summed E-state index contributed by atoms with van der Waals surface area (Å²) < 4.78 is 0. The zero-order chi connectivity index (χ0) is 22.8. The van der Waals surface area contributed by atoms with Gasteiger partial charge in [0.05, 0.1) is 18.0 Å². The van der Waals surface area contributed by atoms with Crippen LogP contribution >= 0.6 is 23.4 Å². The number of carbonyl (C=O) groups is 2. The molecule has 0 unspecified atom stereocenters. The molecule has 0 spiro atoms. The number of carbonyl (C=O) groups excluding carboxylic acids is 2. The fraction of sp³-hybridized carbons (Fsp3) is 0.240. The predicted octanol–water partition coefficient (Wildman–Crippen LogP) is 4.34. The quantitative estimate of drug-likeness (QED) is 0.558. The lowest BCUT2D eigenvalue weighted by atomic mass is 10.1. The summed E-state index contributed by atoms with van der Waals surface area (Å²) in [5.41, 5.74) is 3.62. The normalized spacial score (nSPS) is 16.0. The van der Waals surface area contributed by atoms with Crippen molar-refractivity contribution in [2.45, 2.75) is 11.6 Å². The highest BCUT2D eigenvalue weighted by molar-refractivity contribution is 8.00. The van der Waals surface area contributed by atoms with Gasteiger partial charge in [-0.2, -0.15) is 0 Å². The number of anilines is 2. The van der Waals surface area contributed by atoms with Crippen LogP contribution in [-0.4, -0.2) is 53.6 Å². The van der Waals surface area contributed by atoms with Gasteiger partial charge in [-0.15, -0.1) is 0 Å². The van der Waals surface area contributed by atoms with Crippen LogP contribution in [0.4, 0.5) is 11.4 Å². The van der Waals surface area contributed by atoms with Gasteiger partial charge in [0.1, 0.15) is 5.03 Å². The van der Waals surface area contributed by atoms with Crippen LogP contribution in [0, 0.1) is 0 Å². The van der Waals surface area contributed by atoms with Crippen molar-refractivity contribution in [3.05, 3.63) is 83.0 Å². The maximum Gasteiger partial charge on any atom is 0.253 e. The third kappa shape index (κ3) is 4.70. The summed E-state index contributed by atoms with van der Waals surface area (Å²) >= 11 is 7.45. The van der Waals surface area contributed by atoms with Crippen molar-refractivity contribution >= 4 is 46.6 Å². The Morgan fingerprint density at radius 2 is 1.70 bits per heavy atom. The van der Waals surface area contributed by atoms with Crippen molar-refractivity contribution in [2.24, 2.45) is 0 Å². The van der Waals surface area contributed by atoms with Crippen molar-refractivity contribution in [1.82, 2.24) is 9.88 Å². The average molecular weight is 479 g/mol. The maximum absolute atomic E-state index is 13.0. The lowest BCUT2D eigenvalue weighted by molar-refractivity contribution is -0.116. The first-order valence-corrected chi connectivity index (χ1v) is 12.2. The Morgan fingerprint density at radius 1 is 0.970 bits per heavy atom. The van der Waals surface area contributed by atoms with Gasteiger partial charge in [0.2, 0.25) is 5.91 Å². The first-order valence-electron chi connectivity index (χ1n) is 10.9. The van der Waals surface area contributed by atoms with Crippen LogP contribution in [0.3, 0.4) is 0 Å². The molecule has 168 valence electrons. The molecule has 1 fully saturated rings. The number of amides is 2. The molecular formula is C25H23ClN4O2S. The molecule has 0 radical (unpaired) electrons. The van der Waals surface area contributed by atoms with Crippen LogP contribution in [-0.2, 0) is 11.3 Å². The smallest absolute Gasteiger partial charge is 0.253 e. The Morgan fingerprint density at radius 3 is 2.42 bits per heavy atom. The predicted molar refractivity (Wildman–Crippen MR) is 132 cm³/mol. The minimum Gasteiger partial charge on any atom is -0.368 e. The van der Waals surface area contributed by atoms with Crippen LogP contribution in [0.25, 0.3) is 0 Å². The fourth-order valence-electron chi connectivity index (χ4n) is 4.15. The molecule has 8 heteroatoms. The topological polar surface area (TPSA) is 56.8 Å². The van der Waals surface area contributed by atoms with Crippen LogP contribution in [0.15, 0.2) is 71.9 Å². The maximum atomic E-state index is 13.0. The van der Waals surface area contributed by atoms with E-state index in [1.165, 1.54) is 11.8 Å². The van der Waals surface area contributed by atoms with Crippen molar-refractivity contribution < 1.29 is 9.59 Å². The van der Waals surface area contributed by atoms with E-state index in [1.54, 1.807) is 11.1 Å². The van der Waals surface area contributed by atoms with E-state index in [9.17, 15) is 9.59 Å². The van der Waals surface area contributed by atoms with E-state index in [-0.39, 0.29) is 11.8 Å². The van der Waals surface area contributed by atoms with Crippen LogP contribution in [0.2, 0.25) is 5.02 Å². The SMILES string of the molecule is O=C(c1ccc(CN2C(=O)CSc3ncccc32)cc1)N1CCN(c2ccc(Cl)cc2)CC1. The molecule has 3 aromatic rings. The molecule has 0 N–H and O–H groups in total. The first-order chi connectivity index (χ1) is 16.1. The highest BCUT2D eigenvalue weighted by Crippen LogP contribution is 2.34. The molecule has 2 amide bonds. The third-order valence-corrected chi connectivity index (χ3v) is 7.21. The van der Waals surface area contributed by atoms with Gasteiger partial charge in [0, 0.05) is 48.6 Å². The Bertz CT molecular complexity index is 1160. The van der Waals surface area contributed by atoms with Crippen molar-refractivity contribution in [2.75, 3.05) is 41.7 Å². The number of rotatable bonds is 4. The summed E-state index contributed by atoms with van der Waals surface area (Å²) in [6.45, 7) is 3.38. The average Bonchev–Trinajstić information content (AvgIpc) is 2.86. The molecule has 33 heavy (non-hydrogen) atoms. The van der Waals surface area contributed by atoms with Gasteiger partial charge in [-0.25, -0.2) is 4.98 Å². The number of hydrogen-bond acceptors (Lipinski definition) is 5. The highest BCUT2D eigenvalue weighted by Gasteiger charge is 2.26. The lowest BCUT2D eigenvalue weighted by Crippen LogP contribution is -2.48. The number of hydrogen-bond donors (Lipinski definition) is 0. The molecule has 0 saturated carbocycles. The minimum absolute atomic E-state index is 0.0392. The van der Waals surface area contributed by atoms with Crippen molar-refractivity contribution in [1.29, 1.82) is 0 Å². The number of piperazine rings is 1. The number of benzene rings is 2. The number of fused-ring (bicyclic) bond motifs is 1. The summed E-state index contributed by atoms with van der Waals surface area (Å²) in [4.78, 5) is 35.8. The summed E-state index contributed by atoms with van der Waals surface area (Å²) in [5.74, 6) is 0.499. The molecule has 3 heterocycles. The molecular weight excluding hydrogens is 456 g/mol. The Balaban J connectivity index is 1.22. The number of nitrogens with zero attached hydrogens (tertiary/aromatic N) is 4. The molecule has 2 aliphatic rings. The first kappa shape index (κ1) is 21.8. The van der Waals surface area contributed by atoms with Crippen LogP contribution in [0.1, 0.15) is 15.9 Å². The van der Waals surface area contributed by atoms with Gasteiger partial charge in [-0.3, -0.25) is 9.59 Å². The monoisotopic (exact) mass is 478 g/mol. The van der Waals surface area contributed by atoms with Gasteiger partial charge < -0.3 is 14.7 Å². The Kier molecular flexibility index (Phi) is 6.24. The summed E-state index contributed by atoms with van der Waals surface area (Å²) in [6.07, 6.45) is 1.75. The number of halogens is 1. The van der Waals surface area contributed by atoms with Gasteiger partial charge >= 0.3 is 0 Å². The van der Waals surface area contributed by atoms with Crippen LogP contribution in [0.5, 0.6) is 0 Å².